The average molecular weight is 1560 g/mol. The summed E-state index contributed by atoms with van der Waals surface area (Å²) < 4.78 is 84.1. The van der Waals surface area contributed by atoms with Gasteiger partial charge in [0.2, 0.25) is 0 Å². The molecule has 4 aliphatic heterocycles. The second-order valence-corrected chi connectivity index (χ2v) is 26.6. The first-order valence-electron chi connectivity index (χ1n) is 34.1. The molecule has 0 radical (unpaired) electrons. The maximum Gasteiger partial charge on any atom is 0.490 e. The number of halogens is 6. The minimum Gasteiger partial charge on any atom is -0.475 e. The van der Waals surface area contributed by atoms with Gasteiger partial charge in [-0.1, -0.05) is 64.5 Å². The van der Waals surface area contributed by atoms with E-state index in [2.05, 4.69) is 82.7 Å². The zero-order chi connectivity index (χ0) is 75.2. The van der Waals surface area contributed by atoms with Gasteiger partial charge in [-0.15, -0.1) is 23.2 Å². The van der Waals surface area contributed by atoms with Gasteiger partial charge in [-0.05, 0) is 44.9 Å². The molecule has 7 aliphatic rings. The summed E-state index contributed by atoms with van der Waals surface area (Å²) in [6.07, 6.45) is 11.8. The van der Waals surface area contributed by atoms with E-state index in [1.807, 2.05) is 9.13 Å². The first-order chi connectivity index (χ1) is 50.7. The Bertz CT molecular complexity index is 3920. The first-order valence-corrected chi connectivity index (χ1v) is 35.5. The van der Waals surface area contributed by atoms with Crippen molar-refractivity contribution in [1.82, 2.24) is 78.1 Å². The van der Waals surface area contributed by atoms with Gasteiger partial charge in [-0.2, -0.15) is 13.2 Å². The standard InChI is InChI=1S/C18H27N5O3.C17H25N5O4.C15H21N5O4.C10H11ClN4O4.C2HF3O2.CH2Cl2.CH4/c1-4-12-14(24-2)15(25-3)18(26-12)23-10-21-13-16(19-9-20-17(13)23)22-11-7-5-6-8-11;1-24-13-11(7-23)26-17(14(13)25-2)22-9-20-12-15(18-8-19-16(12)22)21-10-5-3-4-6-10;21-5-9-11(22)12(23)15(24-9)20-7-18-10-13(16-6-17-14(10)20)19-8-3-1-2-4-8;11-8-5-9(13-2-12-8)15(3-14-5)10-7(18)6(17)4(1-16)19-10;3-2(4,5)1(6)7;2-1-3;/h9-12,14-15,18H,4-8H2,1-3H3,(H,19,20,22);8-11,13-14,17,23H,3-7H2,1-2H3,(H,18,19,21);6-9,11-12,15,21-23H,1-5H2,(H,16,17,19);2-4,6-7,10,16-18H,1H2;(H,6,7);1H2;1H4/t12-,14-,15?,18?;11-,13-,14?,17?;9-,11-,12-,15?;4-,6-,7-,10?;;;/m1111.../s1. The quantitative estimate of drug-likeness (QED) is 0.0389. The third-order valence-corrected chi connectivity index (χ3v) is 19.4. The van der Waals surface area contributed by atoms with E-state index in [0.717, 1.165) is 54.9 Å². The Labute approximate surface area is 620 Å². The van der Waals surface area contributed by atoms with Gasteiger partial charge in [0.15, 0.2) is 86.7 Å². The number of hydrogen-bond donors (Lipinski definition) is 11. The number of alkyl halides is 5. The number of aliphatic hydroxyl groups is 7. The molecule has 4 saturated heterocycles. The predicted molar refractivity (Wildman–Crippen MR) is 375 cm³/mol. The highest BCUT2D eigenvalue weighted by Gasteiger charge is 2.49. The van der Waals surface area contributed by atoms with Crippen molar-refractivity contribution in [3.05, 3.63) is 55.8 Å². The minimum absolute atomic E-state index is 0. The summed E-state index contributed by atoms with van der Waals surface area (Å²) in [5, 5.41) is 85.6. The van der Waals surface area contributed by atoms with Crippen molar-refractivity contribution in [2.24, 2.45) is 0 Å². The Hall–Kier alpha value is -6.87. The van der Waals surface area contributed by atoms with Gasteiger partial charge in [0.25, 0.3) is 0 Å². The zero-order valence-electron chi connectivity index (χ0n) is 57.8. The minimum atomic E-state index is -5.08. The number of ether oxygens (including phenoxy) is 8. The number of carboxylic acid groups (broad SMARTS) is 1. The SMILES string of the molecule is C.CC[C@H]1OC(n2cnc3c(NC4CCCC4)ncnc32)C(OC)[C@@H]1OC.COC1C(n2cnc3c(NC4CCCC4)ncnc32)O[C@H](CO)[C@H]1OC.ClCCl.O=C(O)C(F)(F)F.OC[C@H]1OC(n2cnc3c(Cl)ncnc32)[C@H](O)[C@@H]1O.OC[C@H]1OC(n2cnc3c(NC4CCCC4)ncnc32)[C@H](O)[C@@H]1O. The highest BCUT2D eigenvalue weighted by Crippen LogP contribution is 2.40. The molecule has 6 unspecified atom stereocenters. The van der Waals surface area contributed by atoms with Crippen LogP contribution >= 0.6 is 34.8 Å². The molecule has 7 fully saturated rings. The Morgan fingerprint density at radius 1 is 0.472 bits per heavy atom. The highest BCUT2D eigenvalue weighted by atomic mass is 35.5. The van der Waals surface area contributed by atoms with Crippen molar-refractivity contribution >= 4 is 103 Å². The third kappa shape index (κ3) is 18.5. The number of methoxy groups -OCH3 is 4. The molecule has 12 heterocycles. The number of fused-ring (bicyclic) bond motifs is 4. The van der Waals surface area contributed by atoms with Crippen LogP contribution in [0.15, 0.2) is 50.6 Å². The number of aliphatic carboxylic acids is 1. The van der Waals surface area contributed by atoms with Crippen LogP contribution < -0.4 is 16.0 Å². The fourth-order valence-electron chi connectivity index (χ4n) is 13.9. The molecule has 0 amide bonds. The lowest BCUT2D eigenvalue weighted by Crippen LogP contribution is -2.36. The zero-order valence-corrected chi connectivity index (χ0v) is 60.1. The van der Waals surface area contributed by atoms with Crippen LogP contribution in [0.25, 0.3) is 44.7 Å². The summed E-state index contributed by atoms with van der Waals surface area (Å²) in [5.74, 6) is -0.553. The second-order valence-electron chi connectivity index (χ2n) is 25.4. The number of aromatic nitrogens is 16. The molecule has 42 heteroatoms. The van der Waals surface area contributed by atoms with Crippen LogP contribution in [-0.2, 0) is 42.7 Å². The molecule has 36 nitrogen and oxygen atoms in total. The largest absolute Gasteiger partial charge is 0.490 e. The molecule has 15 rings (SSSR count). The molecular formula is C64H91Cl3F3N19O17. The summed E-state index contributed by atoms with van der Waals surface area (Å²) in [6, 6.07) is 1.29. The van der Waals surface area contributed by atoms with E-state index in [-0.39, 0.29) is 67.9 Å². The average Bonchev–Trinajstić information content (AvgIpc) is 1.63. The van der Waals surface area contributed by atoms with Crippen molar-refractivity contribution in [3.8, 4) is 0 Å². The number of imidazole rings is 4. The topological polar surface area (TPSA) is 463 Å². The summed E-state index contributed by atoms with van der Waals surface area (Å²) in [4.78, 5) is 60.4. The lowest BCUT2D eigenvalue weighted by atomic mass is 10.1. The van der Waals surface area contributed by atoms with E-state index < -0.39 is 80.2 Å². The number of rotatable bonds is 18. The predicted octanol–water partition coefficient (Wildman–Crippen LogP) is 5.19. The number of carboxylic acids is 1. The lowest BCUT2D eigenvalue weighted by molar-refractivity contribution is -0.192. The van der Waals surface area contributed by atoms with E-state index in [1.165, 1.54) is 87.6 Å². The van der Waals surface area contributed by atoms with Crippen LogP contribution in [0.4, 0.5) is 30.6 Å². The van der Waals surface area contributed by atoms with Crippen molar-refractivity contribution in [1.29, 1.82) is 0 Å². The summed E-state index contributed by atoms with van der Waals surface area (Å²) in [6.45, 7) is 1.18. The van der Waals surface area contributed by atoms with Crippen LogP contribution in [0.1, 0.15) is 123 Å². The van der Waals surface area contributed by atoms with Crippen LogP contribution in [0, 0.1) is 0 Å². The molecule has 16 atom stereocenters. The van der Waals surface area contributed by atoms with Gasteiger partial charge in [0.1, 0.15) is 98.0 Å². The fourth-order valence-corrected chi connectivity index (χ4v) is 14.0. The third-order valence-electron chi connectivity index (χ3n) is 19.1. The monoisotopic (exact) mass is 1560 g/mol. The van der Waals surface area contributed by atoms with Crippen LogP contribution in [0.3, 0.4) is 0 Å². The van der Waals surface area contributed by atoms with Crippen molar-refractivity contribution in [2.75, 3.05) is 69.5 Å². The van der Waals surface area contributed by atoms with Crippen molar-refractivity contribution < 1.29 is 96.7 Å². The van der Waals surface area contributed by atoms with Crippen LogP contribution in [0.2, 0.25) is 5.15 Å². The smallest absolute Gasteiger partial charge is 0.475 e. The first kappa shape index (κ1) is 83.2. The molecule has 0 aromatic carbocycles. The molecule has 8 aromatic heterocycles. The molecular weight excluding hydrogens is 1470 g/mol. The Kier molecular flexibility index (Phi) is 30.2. The second kappa shape index (κ2) is 38.5. The van der Waals surface area contributed by atoms with Gasteiger partial charge in [0, 0.05) is 46.6 Å². The lowest BCUT2D eigenvalue weighted by Gasteiger charge is -2.22. The van der Waals surface area contributed by atoms with Crippen LogP contribution in [0.5, 0.6) is 0 Å². The molecule has 11 N–H and O–H groups in total. The van der Waals surface area contributed by atoms with Gasteiger partial charge >= 0.3 is 12.1 Å². The number of aliphatic hydroxyl groups excluding tert-OH is 7. The van der Waals surface area contributed by atoms with Crippen molar-refractivity contribution in [3.63, 3.8) is 0 Å². The molecule has 0 spiro atoms. The number of anilines is 3. The molecule has 3 saturated carbocycles. The summed E-state index contributed by atoms with van der Waals surface area (Å²) >= 11 is 15.4. The normalized spacial score (nSPS) is 28.1. The Morgan fingerprint density at radius 3 is 1.06 bits per heavy atom. The Balaban J connectivity index is 0.000000157. The van der Waals surface area contributed by atoms with Crippen LogP contribution in [-0.4, -0.2) is 276 Å². The van der Waals surface area contributed by atoms with E-state index in [4.69, 9.17) is 87.7 Å². The molecule has 586 valence electrons. The van der Waals surface area contributed by atoms with Gasteiger partial charge in [-0.25, -0.2) is 64.6 Å². The molecule has 106 heavy (non-hydrogen) atoms. The summed E-state index contributed by atoms with van der Waals surface area (Å²) in [7, 11) is 6.58. The molecule has 3 aliphatic carbocycles. The number of carbonyl (C=O) groups is 1. The van der Waals surface area contributed by atoms with Gasteiger partial charge in [-0.3, -0.25) is 18.3 Å². The number of nitrogens with one attached hydrogen (secondary N) is 3. The highest BCUT2D eigenvalue weighted by molar-refractivity contribution is 6.40. The van der Waals surface area contributed by atoms with E-state index >= 15 is 0 Å². The van der Waals surface area contributed by atoms with E-state index in [9.17, 15) is 43.8 Å². The summed E-state index contributed by atoms with van der Waals surface area (Å²) in [5.41, 5.74) is 4.77. The van der Waals surface area contributed by atoms with Crippen molar-refractivity contribution in [2.45, 2.75) is 220 Å². The van der Waals surface area contributed by atoms with E-state index in [1.54, 1.807) is 52.0 Å². The van der Waals surface area contributed by atoms with E-state index in [0.29, 0.717) is 57.4 Å². The molecule has 0 bridgehead atoms. The maximum absolute atomic E-state index is 10.6. The maximum atomic E-state index is 10.6. The number of hydrogen-bond acceptors (Lipinski definition) is 31. The Morgan fingerprint density at radius 2 is 0.755 bits per heavy atom. The molecule has 8 aromatic rings. The van der Waals surface area contributed by atoms with Gasteiger partial charge in [0.05, 0.1) is 56.6 Å². The fraction of sp³-hybridized carbons (Fsp3) is 0.672. The number of nitrogens with zero attached hydrogens (tertiary/aromatic N) is 16. The van der Waals surface area contributed by atoms with Gasteiger partial charge < -0.3 is 94.7 Å².